The molecule has 1 N–H and O–H groups in total. The third kappa shape index (κ3) is 3.99. The minimum atomic E-state index is 0.00875. The summed E-state index contributed by atoms with van der Waals surface area (Å²) in [7, 11) is 0. The van der Waals surface area contributed by atoms with Crippen LogP contribution in [0.2, 0.25) is 5.02 Å². The van der Waals surface area contributed by atoms with Gasteiger partial charge in [-0.25, -0.2) is 4.98 Å². The van der Waals surface area contributed by atoms with Crippen LogP contribution in [0, 0.1) is 0 Å². The number of hydrogen-bond donors (Lipinski definition) is 1. The van der Waals surface area contributed by atoms with Crippen molar-refractivity contribution in [3.8, 4) is 0 Å². The molecular formula is C15H15ClN2OS2. The third-order valence-corrected chi connectivity index (χ3v) is 5.54. The minimum Gasteiger partial charge on any atom is -0.301 e. The van der Waals surface area contributed by atoms with Crippen LogP contribution in [-0.2, 0) is 23.4 Å². The van der Waals surface area contributed by atoms with E-state index in [1.54, 1.807) is 23.1 Å². The standard InChI is InChI=1S/C15H15ClN2OS2/c16-11-4-1-3-10(7-11)8-20-9-14(19)18-15-17-12-5-2-6-13(12)21-15/h1,3-4,7H,2,5-6,8-9H2,(H,17,18,19). The summed E-state index contributed by atoms with van der Waals surface area (Å²) in [6, 6.07) is 7.72. The smallest absolute Gasteiger partial charge is 0.236 e. The van der Waals surface area contributed by atoms with Gasteiger partial charge in [0, 0.05) is 15.7 Å². The van der Waals surface area contributed by atoms with Crippen molar-refractivity contribution in [3.05, 3.63) is 45.4 Å². The SMILES string of the molecule is O=C(CSCc1cccc(Cl)c1)Nc1nc2c(s1)CCC2. The summed E-state index contributed by atoms with van der Waals surface area (Å²) in [5.41, 5.74) is 2.30. The lowest BCUT2D eigenvalue weighted by molar-refractivity contribution is -0.113. The topological polar surface area (TPSA) is 42.0 Å². The van der Waals surface area contributed by atoms with E-state index in [0.717, 1.165) is 34.3 Å². The number of halogens is 1. The van der Waals surface area contributed by atoms with Crippen LogP contribution in [0.4, 0.5) is 5.13 Å². The number of anilines is 1. The molecule has 1 aromatic carbocycles. The maximum absolute atomic E-state index is 11.9. The van der Waals surface area contributed by atoms with E-state index in [1.807, 2.05) is 24.3 Å². The van der Waals surface area contributed by atoms with Gasteiger partial charge in [0.15, 0.2) is 5.13 Å². The van der Waals surface area contributed by atoms with Crippen LogP contribution >= 0.6 is 34.7 Å². The average Bonchev–Trinajstić information content (AvgIpc) is 2.99. The summed E-state index contributed by atoms with van der Waals surface area (Å²) in [5, 5.41) is 4.37. The second kappa shape index (κ2) is 6.81. The van der Waals surface area contributed by atoms with Crippen molar-refractivity contribution < 1.29 is 4.79 Å². The molecule has 110 valence electrons. The first-order chi connectivity index (χ1) is 10.2. The molecule has 0 bridgehead atoms. The van der Waals surface area contributed by atoms with Gasteiger partial charge >= 0.3 is 0 Å². The van der Waals surface area contributed by atoms with Crippen LogP contribution < -0.4 is 5.32 Å². The minimum absolute atomic E-state index is 0.00875. The highest BCUT2D eigenvalue weighted by Crippen LogP contribution is 2.30. The van der Waals surface area contributed by atoms with Crippen molar-refractivity contribution in [2.45, 2.75) is 25.0 Å². The normalized spacial score (nSPS) is 13.2. The lowest BCUT2D eigenvalue weighted by Gasteiger charge is -2.03. The Hall–Kier alpha value is -1.04. The van der Waals surface area contributed by atoms with Crippen molar-refractivity contribution in [1.82, 2.24) is 4.98 Å². The van der Waals surface area contributed by atoms with Gasteiger partial charge in [0.1, 0.15) is 0 Å². The lowest BCUT2D eigenvalue weighted by Crippen LogP contribution is -2.14. The summed E-state index contributed by atoms with van der Waals surface area (Å²) in [6.45, 7) is 0. The molecule has 1 heterocycles. The largest absolute Gasteiger partial charge is 0.301 e. The first-order valence-electron chi connectivity index (χ1n) is 6.81. The molecule has 0 saturated heterocycles. The van der Waals surface area contributed by atoms with E-state index in [2.05, 4.69) is 10.3 Å². The Kier molecular flexibility index (Phi) is 4.83. The van der Waals surface area contributed by atoms with Gasteiger partial charge < -0.3 is 5.32 Å². The Labute approximate surface area is 137 Å². The highest BCUT2D eigenvalue weighted by molar-refractivity contribution is 7.99. The molecular weight excluding hydrogens is 324 g/mol. The number of aryl methyl sites for hydroxylation is 2. The number of fused-ring (bicyclic) bond motifs is 1. The molecule has 1 aromatic heterocycles. The summed E-state index contributed by atoms with van der Waals surface area (Å²) in [5.74, 6) is 1.22. The highest BCUT2D eigenvalue weighted by Gasteiger charge is 2.17. The van der Waals surface area contributed by atoms with Crippen molar-refractivity contribution in [1.29, 1.82) is 0 Å². The molecule has 0 unspecified atom stereocenters. The molecule has 6 heteroatoms. The fourth-order valence-electron chi connectivity index (χ4n) is 2.29. The predicted octanol–water partition coefficient (Wildman–Crippen LogP) is 4.16. The van der Waals surface area contributed by atoms with Crippen LogP contribution in [-0.4, -0.2) is 16.6 Å². The van der Waals surface area contributed by atoms with Crippen LogP contribution in [0.15, 0.2) is 24.3 Å². The molecule has 0 spiro atoms. The van der Waals surface area contributed by atoms with Crippen molar-refractivity contribution >= 4 is 45.7 Å². The number of nitrogens with zero attached hydrogens (tertiary/aromatic N) is 1. The number of amides is 1. The van der Waals surface area contributed by atoms with E-state index in [4.69, 9.17) is 11.6 Å². The summed E-state index contributed by atoms with van der Waals surface area (Å²) >= 11 is 9.13. The summed E-state index contributed by atoms with van der Waals surface area (Å²) in [6.07, 6.45) is 3.34. The first-order valence-corrected chi connectivity index (χ1v) is 9.16. The summed E-state index contributed by atoms with van der Waals surface area (Å²) in [4.78, 5) is 17.7. The Morgan fingerprint density at radius 1 is 1.43 bits per heavy atom. The van der Waals surface area contributed by atoms with Crippen LogP contribution in [0.25, 0.3) is 0 Å². The van der Waals surface area contributed by atoms with E-state index < -0.39 is 0 Å². The number of nitrogens with one attached hydrogen (secondary N) is 1. The number of benzene rings is 1. The van der Waals surface area contributed by atoms with Gasteiger partial charge in [-0.15, -0.1) is 23.1 Å². The van der Waals surface area contributed by atoms with E-state index in [0.29, 0.717) is 5.75 Å². The number of hydrogen-bond acceptors (Lipinski definition) is 4. The lowest BCUT2D eigenvalue weighted by atomic mass is 10.2. The second-order valence-electron chi connectivity index (χ2n) is 4.91. The van der Waals surface area contributed by atoms with Gasteiger partial charge in [-0.05, 0) is 37.0 Å². The molecule has 0 saturated carbocycles. The Bertz CT molecular complexity index is 635. The fraction of sp³-hybridized carbons (Fsp3) is 0.333. The third-order valence-electron chi connectivity index (χ3n) is 3.23. The molecule has 2 aromatic rings. The van der Waals surface area contributed by atoms with Crippen molar-refractivity contribution in [3.63, 3.8) is 0 Å². The molecule has 0 fully saturated rings. The Morgan fingerprint density at radius 2 is 2.33 bits per heavy atom. The molecule has 21 heavy (non-hydrogen) atoms. The van der Waals surface area contributed by atoms with E-state index in [9.17, 15) is 4.79 Å². The maximum atomic E-state index is 11.9. The van der Waals surface area contributed by atoms with Crippen molar-refractivity contribution in [2.24, 2.45) is 0 Å². The van der Waals surface area contributed by atoms with Gasteiger partial charge in [0.2, 0.25) is 5.91 Å². The van der Waals surface area contributed by atoms with Gasteiger partial charge in [0.05, 0.1) is 11.4 Å². The van der Waals surface area contributed by atoms with E-state index >= 15 is 0 Å². The van der Waals surface area contributed by atoms with Crippen LogP contribution in [0.1, 0.15) is 22.6 Å². The number of carbonyl (C=O) groups excluding carboxylic acids is 1. The van der Waals surface area contributed by atoms with E-state index in [-0.39, 0.29) is 5.91 Å². The highest BCUT2D eigenvalue weighted by atomic mass is 35.5. The molecule has 3 nitrogen and oxygen atoms in total. The van der Waals surface area contributed by atoms with Crippen LogP contribution in [0.5, 0.6) is 0 Å². The number of rotatable bonds is 5. The molecule has 1 aliphatic carbocycles. The molecule has 3 rings (SSSR count). The number of aromatic nitrogens is 1. The summed E-state index contributed by atoms with van der Waals surface area (Å²) < 4.78 is 0. The number of carbonyl (C=O) groups is 1. The van der Waals surface area contributed by atoms with Gasteiger partial charge in [-0.3, -0.25) is 4.79 Å². The predicted molar refractivity (Wildman–Crippen MR) is 90.4 cm³/mol. The van der Waals surface area contributed by atoms with E-state index in [1.165, 1.54) is 17.0 Å². The average molecular weight is 339 g/mol. The zero-order chi connectivity index (χ0) is 14.7. The molecule has 0 atom stereocenters. The monoisotopic (exact) mass is 338 g/mol. The Balaban J connectivity index is 1.46. The second-order valence-corrected chi connectivity index (χ2v) is 7.42. The zero-order valence-corrected chi connectivity index (χ0v) is 13.8. The van der Waals surface area contributed by atoms with Gasteiger partial charge in [0.25, 0.3) is 0 Å². The zero-order valence-electron chi connectivity index (χ0n) is 11.4. The number of thioether (sulfide) groups is 1. The molecule has 0 radical (unpaired) electrons. The van der Waals surface area contributed by atoms with Gasteiger partial charge in [-0.1, -0.05) is 23.7 Å². The van der Waals surface area contributed by atoms with Crippen LogP contribution in [0.3, 0.4) is 0 Å². The fourth-order valence-corrected chi connectivity index (χ4v) is 4.34. The number of thiazole rings is 1. The molecule has 0 aliphatic heterocycles. The molecule has 1 aliphatic rings. The maximum Gasteiger partial charge on any atom is 0.236 e. The molecule has 1 amide bonds. The Morgan fingerprint density at radius 3 is 3.14 bits per heavy atom. The quantitative estimate of drug-likeness (QED) is 0.890. The first kappa shape index (κ1) is 14.9. The van der Waals surface area contributed by atoms with Crippen molar-refractivity contribution in [2.75, 3.05) is 11.1 Å². The van der Waals surface area contributed by atoms with Gasteiger partial charge in [-0.2, -0.15) is 0 Å².